The van der Waals surface area contributed by atoms with Crippen molar-refractivity contribution in [3.05, 3.63) is 52.4 Å². The number of nitrogens with one attached hydrogen (secondary N) is 2. The van der Waals surface area contributed by atoms with Crippen LogP contribution in [0, 0.1) is 0 Å². The molecule has 0 radical (unpaired) electrons. The lowest BCUT2D eigenvalue weighted by molar-refractivity contribution is -0.123. The van der Waals surface area contributed by atoms with Gasteiger partial charge in [-0.25, -0.2) is 0 Å². The SMILES string of the molecule is C[C@@H](NC(=O)CN(C)CC(=O)Nc1c(Cl)cccc1Cl)c1ccco1. The summed E-state index contributed by atoms with van der Waals surface area (Å²) >= 11 is 12.0. The van der Waals surface area contributed by atoms with Gasteiger partial charge < -0.3 is 15.1 Å². The van der Waals surface area contributed by atoms with Crippen molar-refractivity contribution in [2.75, 3.05) is 25.5 Å². The Bertz CT molecular complexity index is 714. The summed E-state index contributed by atoms with van der Waals surface area (Å²) in [6.45, 7) is 1.90. The Morgan fingerprint density at radius 3 is 2.36 bits per heavy atom. The molecule has 0 saturated heterocycles. The van der Waals surface area contributed by atoms with E-state index >= 15 is 0 Å². The highest BCUT2D eigenvalue weighted by atomic mass is 35.5. The van der Waals surface area contributed by atoms with Gasteiger partial charge in [0.1, 0.15) is 5.76 Å². The molecule has 2 amide bonds. The highest BCUT2D eigenvalue weighted by Gasteiger charge is 2.16. The lowest BCUT2D eigenvalue weighted by Crippen LogP contribution is -2.39. The minimum atomic E-state index is -0.315. The van der Waals surface area contributed by atoms with E-state index in [1.54, 1.807) is 48.5 Å². The zero-order valence-corrected chi connectivity index (χ0v) is 15.4. The van der Waals surface area contributed by atoms with E-state index in [-0.39, 0.29) is 30.9 Å². The molecule has 0 bridgehead atoms. The van der Waals surface area contributed by atoms with E-state index in [0.717, 1.165) is 0 Å². The maximum atomic E-state index is 12.1. The number of furan rings is 1. The van der Waals surface area contributed by atoms with Gasteiger partial charge in [-0.1, -0.05) is 29.3 Å². The summed E-state index contributed by atoms with van der Waals surface area (Å²) in [4.78, 5) is 25.7. The molecule has 134 valence electrons. The van der Waals surface area contributed by atoms with E-state index < -0.39 is 0 Å². The Balaban J connectivity index is 1.82. The third kappa shape index (κ3) is 5.77. The molecule has 0 aliphatic carbocycles. The fraction of sp³-hybridized carbons (Fsp3) is 0.294. The van der Waals surface area contributed by atoms with Crippen LogP contribution in [0.3, 0.4) is 0 Å². The topological polar surface area (TPSA) is 74.6 Å². The average molecular weight is 384 g/mol. The van der Waals surface area contributed by atoms with Gasteiger partial charge in [0.25, 0.3) is 0 Å². The van der Waals surface area contributed by atoms with Crippen molar-refractivity contribution >= 4 is 40.7 Å². The van der Waals surface area contributed by atoms with Gasteiger partial charge in [-0.3, -0.25) is 14.5 Å². The first-order chi connectivity index (χ1) is 11.9. The molecule has 25 heavy (non-hydrogen) atoms. The number of para-hydroxylation sites is 1. The maximum absolute atomic E-state index is 12.1. The van der Waals surface area contributed by atoms with Gasteiger partial charge in [-0.05, 0) is 38.2 Å². The number of carbonyl (C=O) groups is 2. The van der Waals surface area contributed by atoms with Crippen LogP contribution in [-0.2, 0) is 9.59 Å². The van der Waals surface area contributed by atoms with Gasteiger partial charge in [-0.2, -0.15) is 0 Å². The molecule has 0 fully saturated rings. The Morgan fingerprint density at radius 2 is 1.76 bits per heavy atom. The van der Waals surface area contributed by atoms with Crippen molar-refractivity contribution in [2.45, 2.75) is 13.0 Å². The van der Waals surface area contributed by atoms with Crippen LogP contribution in [0.25, 0.3) is 0 Å². The molecule has 2 rings (SSSR count). The molecular weight excluding hydrogens is 365 g/mol. The van der Waals surface area contributed by atoms with Crippen molar-refractivity contribution in [1.82, 2.24) is 10.2 Å². The van der Waals surface area contributed by atoms with Crippen molar-refractivity contribution in [1.29, 1.82) is 0 Å². The van der Waals surface area contributed by atoms with Crippen LogP contribution in [0.15, 0.2) is 41.0 Å². The average Bonchev–Trinajstić information content (AvgIpc) is 3.05. The summed E-state index contributed by atoms with van der Waals surface area (Å²) in [5.41, 5.74) is 0.361. The molecular formula is C17H19Cl2N3O3. The van der Waals surface area contributed by atoms with Gasteiger partial charge in [0.15, 0.2) is 0 Å². The van der Waals surface area contributed by atoms with E-state index in [2.05, 4.69) is 10.6 Å². The number of hydrogen-bond donors (Lipinski definition) is 2. The van der Waals surface area contributed by atoms with Crippen LogP contribution >= 0.6 is 23.2 Å². The lowest BCUT2D eigenvalue weighted by Gasteiger charge is -2.18. The summed E-state index contributed by atoms with van der Waals surface area (Å²) in [5, 5.41) is 6.17. The summed E-state index contributed by atoms with van der Waals surface area (Å²) in [7, 11) is 1.67. The number of amides is 2. The molecule has 1 aromatic heterocycles. The van der Waals surface area contributed by atoms with Crippen LogP contribution in [0.4, 0.5) is 5.69 Å². The van der Waals surface area contributed by atoms with Gasteiger partial charge in [-0.15, -0.1) is 0 Å². The Morgan fingerprint density at radius 1 is 1.12 bits per heavy atom. The maximum Gasteiger partial charge on any atom is 0.238 e. The Kier molecular flexibility index (Phi) is 6.87. The molecule has 0 aliphatic rings. The summed E-state index contributed by atoms with van der Waals surface area (Å²) in [6.07, 6.45) is 1.55. The Hall–Kier alpha value is -2.02. The molecule has 0 saturated carbocycles. The highest BCUT2D eigenvalue weighted by molar-refractivity contribution is 6.39. The van der Waals surface area contributed by atoms with Crippen molar-refractivity contribution < 1.29 is 14.0 Å². The quantitative estimate of drug-likeness (QED) is 0.768. The normalized spacial score (nSPS) is 12.0. The van der Waals surface area contributed by atoms with Gasteiger partial charge >= 0.3 is 0 Å². The smallest absolute Gasteiger partial charge is 0.238 e. The predicted molar refractivity (Wildman–Crippen MR) is 97.9 cm³/mol. The summed E-state index contributed by atoms with van der Waals surface area (Å²) < 4.78 is 5.24. The van der Waals surface area contributed by atoms with Crippen molar-refractivity contribution in [2.24, 2.45) is 0 Å². The first-order valence-corrected chi connectivity index (χ1v) is 8.37. The number of rotatable bonds is 7. The second-order valence-electron chi connectivity index (χ2n) is 5.62. The number of halogens is 2. The number of nitrogens with zero attached hydrogens (tertiary/aromatic N) is 1. The minimum Gasteiger partial charge on any atom is -0.467 e. The number of likely N-dealkylation sites (N-methyl/N-ethyl adjacent to an activating group) is 1. The Labute approximate surface area is 156 Å². The van der Waals surface area contributed by atoms with Crippen LogP contribution in [0.2, 0.25) is 10.0 Å². The molecule has 1 aromatic carbocycles. The standard InChI is InChI=1S/C17H19Cl2N3O3/c1-11(14-7-4-8-25-14)20-15(23)9-22(2)10-16(24)21-17-12(18)5-3-6-13(17)19/h3-8,11H,9-10H2,1-2H3,(H,20,23)(H,21,24)/t11-/m1/s1. The number of benzene rings is 1. The van der Waals surface area contributed by atoms with E-state index in [9.17, 15) is 9.59 Å². The molecule has 0 aliphatic heterocycles. The predicted octanol–water partition coefficient (Wildman–Crippen LogP) is 3.33. The van der Waals surface area contributed by atoms with Gasteiger partial charge in [0.05, 0.1) is 41.1 Å². The second-order valence-corrected chi connectivity index (χ2v) is 6.44. The van der Waals surface area contributed by atoms with Crippen LogP contribution < -0.4 is 10.6 Å². The molecule has 8 heteroatoms. The fourth-order valence-electron chi connectivity index (χ4n) is 2.24. The largest absolute Gasteiger partial charge is 0.467 e. The molecule has 2 aromatic rings. The van der Waals surface area contributed by atoms with Gasteiger partial charge in [0.2, 0.25) is 11.8 Å². The molecule has 6 nitrogen and oxygen atoms in total. The molecule has 0 unspecified atom stereocenters. The van der Waals surface area contributed by atoms with E-state index in [0.29, 0.717) is 21.5 Å². The highest BCUT2D eigenvalue weighted by Crippen LogP contribution is 2.29. The lowest BCUT2D eigenvalue weighted by atomic mass is 10.2. The van der Waals surface area contributed by atoms with E-state index in [4.69, 9.17) is 27.6 Å². The number of hydrogen-bond acceptors (Lipinski definition) is 4. The van der Waals surface area contributed by atoms with Crippen LogP contribution in [-0.4, -0.2) is 36.9 Å². The van der Waals surface area contributed by atoms with Crippen molar-refractivity contribution in [3.63, 3.8) is 0 Å². The fourth-order valence-corrected chi connectivity index (χ4v) is 2.73. The van der Waals surface area contributed by atoms with Crippen molar-refractivity contribution in [3.8, 4) is 0 Å². The zero-order chi connectivity index (χ0) is 18.4. The summed E-state index contributed by atoms with van der Waals surface area (Å²) in [5.74, 6) is 0.140. The second kappa shape index (κ2) is 8.89. The third-order valence-corrected chi connectivity index (χ3v) is 4.03. The molecule has 1 heterocycles. The van der Waals surface area contributed by atoms with Crippen LogP contribution in [0.1, 0.15) is 18.7 Å². The van der Waals surface area contributed by atoms with E-state index in [1.807, 2.05) is 6.92 Å². The summed E-state index contributed by atoms with van der Waals surface area (Å²) in [6, 6.07) is 8.26. The monoisotopic (exact) mass is 383 g/mol. The molecule has 0 spiro atoms. The molecule has 1 atom stereocenters. The van der Waals surface area contributed by atoms with E-state index in [1.165, 1.54) is 0 Å². The third-order valence-electron chi connectivity index (χ3n) is 3.40. The number of anilines is 1. The number of carbonyl (C=O) groups excluding carboxylic acids is 2. The zero-order valence-electron chi connectivity index (χ0n) is 13.9. The molecule has 2 N–H and O–H groups in total. The minimum absolute atomic E-state index is 0.0180. The first kappa shape index (κ1) is 19.3. The van der Waals surface area contributed by atoms with Gasteiger partial charge in [0, 0.05) is 0 Å². The van der Waals surface area contributed by atoms with Crippen LogP contribution in [0.5, 0.6) is 0 Å². The first-order valence-electron chi connectivity index (χ1n) is 7.62.